The first kappa shape index (κ1) is 31.8. The number of fused-ring (bicyclic) bond motifs is 22. The molecule has 0 saturated carbocycles. The Morgan fingerprint density at radius 3 is 1.08 bits per heavy atom. The molecule has 0 amide bonds. The van der Waals surface area contributed by atoms with Gasteiger partial charge in [0, 0.05) is 89.6 Å². The number of para-hydroxylation sites is 9. The molecule has 4 aromatic heterocycles. The van der Waals surface area contributed by atoms with E-state index in [1.54, 1.807) is 30.3 Å². The highest BCUT2D eigenvalue weighted by Crippen LogP contribution is 2.47. The fourth-order valence-electron chi connectivity index (χ4n) is 14.4. The Morgan fingerprint density at radius 2 is 0.621 bits per heavy atom. The molecular formula is C85H52B2N4O4. The van der Waals surface area contributed by atoms with Crippen molar-refractivity contribution in [2.45, 2.75) is 6.92 Å². The molecule has 14 aromatic carbocycles. The van der Waals surface area contributed by atoms with E-state index >= 15 is 0 Å². The minimum absolute atomic E-state index is 0.0320. The van der Waals surface area contributed by atoms with E-state index in [1.807, 2.05) is 71.3 Å². The van der Waals surface area contributed by atoms with Crippen LogP contribution < -0.4 is 51.7 Å². The molecule has 8 nitrogen and oxygen atoms in total. The highest BCUT2D eigenvalue weighted by molar-refractivity contribution is 6.99. The predicted octanol–water partition coefficient (Wildman–Crippen LogP) is 17.5. The minimum atomic E-state index is -1.54. The lowest BCUT2D eigenvalue weighted by molar-refractivity contribution is 0.463. The van der Waals surface area contributed by atoms with Gasteiger partial charge >= 0.3 is 0 Å². The highest BCUT2D eigenvalue weighted by atomic mass is 16.5. The van der Waals surface area contributed by atoms with Crippen molar-refractivity contribution in [3.8, 4) is 68.7 Å². The minimum Gasteiger partial charge on any atom is -0.458 e. The van der Waals surface area contributed by atoms with Gasteiger partial charge in [-0.3, -0.25) is 0 Å². The quantitative estimate of drug-likeness (QED) is 0.165. The molecule has 22 rings (SSSR count). The molecule has 0 spiro atoms. The Bertz CT molecular complexity index is 7960. The Balaban J connectivity index is 0.000000154. The molecule has 0 radical (unpaired) electrons. The Hall–Kier alpha value is -12.4. The number of nitrogens with zero attached hydrogens (tertiary/aromatic N) is 4. The van der Waals surface area contributed by atoms with Crippen LogP contribution in [0.1, 0.15) is 45.3 Å². The number of ether oxygens (including phenoxy) is 4. The molecule has 0 N–H and O–H groups in total. The molecule has 4 aliphatic heterocycles. The maximum Gasteiger partial charge on any atom is 0.260 e. The van der Waals surface area contributed by atoms with Gasteiger partial charge < -0.3 is 37.2 Å². The number of aromatic nitrogens is 4. The number of hydrogen-bond acceptors (Lipinski definition) is 4. The van der Waals surface area contributed by atoms with Gasteiger partial charge in [-0.25, -0.2) is 0 Å². The topological polar surface area (TPSA) is 56.6 Å². The fourth-order valence-corrected chi connectivity index (χ4v) is 14.4. The lowest BCUT2D eigenvalue weighted by atomic mass is 9.35. The zero-order valence-corrected chi connectivity index (χ0v) is 49.1. The van der Waals surface area contributed by atoms with Crippen LogP contribution in [-0.2, 0) is 0 Å². The maximum absolute atomic E-state index is 9.92. The third kappa shape index (κ3) is 7.44. The molecule has 0 unspecified atom stereocenters. The van der Waals surface area contributed by atoms with E-state index in [4.69, 9.17) is 45.0 Å². The van der Waals surface area contributed by atoms with Crippen molar-refractivity contribution in [2.75, 3.05) is 0 Å². The summed E-state index contributed by atoms with van der Waals surface area (Å²) in [6.45, 7) is -1.31. The SMILES string of the molecule is [2H]c1c([2H])c([2H])c2c(c1[2H])Oc1c([2H])c(-n3c4c([2H])c([2H])c([2H])c([2H])c4c4c5c6c([2H])c([2H])c(C)c([2H])c6n(-c6ccccc6)c5c([2H])c([2H])c43)c([2H])c3c1B2c1c([2H])c([2H])c([2H])c([2H])c1O3.[2H]c1c([2H])c([2H])c2c(c1[2H])Oc1c([2H])c(-n3c4ccccc4c4c5c6ccccc6n(-c6ccccc6)c5ccc43)c([2H])c3c1B2c1c([2H])c([2H])c([2H])c([2H])c1O3. The first-order valence-corrected chi connectivity index (χ1v) is 30.2. The number of rotatable bonds is 4. The third-order valence-corrected chi connectivity index (χ3v) is 18.1. The van der Waals surface area contributed by atoms with Crippen molar-refractivity contribution < 1.29 is 58.7 Å². The summed E-state index contributed by atoms with van der Waals surface area (Å²) >= 11 is 0. The molecule has 18 aromatic rings. The summed E-state index contributed by atoms with van der Waals surface area (Å²) in [5.41, 5.74) is 2.82. The summed E-state index contributed by atoms with van der Waals surface area (Å²) in [5, 5.41) is 3.24. The predicted molar refractivity (Wildman–Crippen MR) is 390 cm³/mol. The monoisotopic (exact) mass is 1240 g/mol. The van der Waals surface area contributed by atoms with Gasteiger partial charge in [0.25, 0.3) is 13.4 Å². The first-order chi connectivity index (χ1) is 59.2. The van der Waals surface area contributed by atoms with Crippen molar-refractivity contribution in [1.29, 1.82) is 0 Å². The number of hydrogen-bond donors (Lipinski definition) is 0. The molecule has 0 bridgehead atoms. The van der Waals surface area contributed by atoms with Crippen molar-refractivity contribution in [3.63, 3.8) is 0 Å². The normalized spacial score (nSPS) is 17.3. The van der Waals surface area contributed by atoms with Crippen LogP contribution in [0.4, 0.5) is 0 Å². The molecule has 10 heteroatoms. The Morgan fingerprint density at radius 1 is 0.263 bits per heavy atom. The van der Waals surface area contributed by atoms with E-state index < -0.39 is 193 Å². The van der Waals surface area contributed by atoms with E-state index in [0.29, 0.717) is 16.7 Å². The second kappa shape index (κ2) is 19.8. The van der Waals surface area contributed by atoms with Gasteiger partial charge in [0.1, 0.15) is 46.0 Å². The zero-order valence-electron chi connectivity index (χ0n) is 78.1. The summed E-state index contributed by atoms with van der Waals surface area (Å²) < 4.78 is 295. The van der Waals surface area contributed by atoms with Crippen molar-refractivity contribution in [1.82, 2.24) is 18.3 Å². The fraction of sp³-hybridized carbons (Fsp3) is 0.0118. The average Bonchev–Trinajstić information content (AvgIpc) is 1.42. The van der Waals surface area contributed by atoms with Gasteiger partial charge in [0.15, 0.2) is 0 Å². The summed E-state index contributed by atoms with van der Waals surface area (Å²) in [7, 11) is 0. The van der Waals surface area contributed by atoms with E-state index in [2.05, 4.69) is 28.8 Å². The standard InChI is InChI=1S/C43H27BN2O2.C42H25BN2O2/c1-26-19-20-30-36(23-26)45(27-11-3-2-4-12-27)34-21-22-35-41(42(30)34)29-13-5-8-16-33(29)46(35)28-24-39-43-40(25-28)48-38-18-10-7-15-32(38)44(43)31-14-6-9-17-37(31)47-39;1-2-12-26(13-3-1)44-32-18-8-4-14-28(32)40-34(44)22-23-35-41(40)29-15-5-9-19-33(29)45(35)27-24-38-42-39(25-27)47-37-21-11-7-17-31(37)43(42)30-16-6-10-20-36(30)46-38/h2-25H,1H3;1-25H/i5D,6D,7D,8D,9D,10D,13D,14D,15D,16D,17D,18D,19D,20D,21D,22D,23D,24D,25D;6D,7D,10D,11D,16D,17D,20D,21D,24D,25D. The highest BCUT2D eigenvalue weighted by Gasteiger charge is 2.42. The Labute approximate surface area is 586 Å². The third-order valence-electron chi connectivity index (χ3n) is 18.1. The van der Waals surface area contributed by atoms with Gasteiger partial charge in [-0.15, -0.1) is 0 Å². The summed E-state index contributed by atoms with van der Waals surface area (Å²) in [5.74, 6) is -2.81. The molecular weight excluding hydrogens is 1160 g/mol. The second-order valence-corrected chi connectivity index (χ2v) is 23.1. The van der Waals surface area contributed by atoms with Crippen LogP contribution in [0.15, 0.2) is 297 Å². The first-order valence-electron chi connectivity index (χ1n) is 44.7. The van der Waals surface area contributed by atoms with Gasteiger partial charge in [-0.05, 0) is 131 Å². The lowest BCUT2D eigenvalue weighted by Gasteiger charge is -2.33. The van der Waals surface area contributed by atoms with E-state index in [0.717, 1.165) is 42.8 Å². The van der Waals surface area contributed by atoms with Crippen LogP contribution in [0.5, 0.6) is 46.0 Å². The summed E-state index contributed by atoms with van der Waals surface area (Å²) in [6.07, 6.45) is 0. The zero-order chi connectivity index (χ0) is 87.4. The maximum atomic E-state index is 9.92. The summed E-state index contributed by atoms with van der Waals surface area (Å²) in [6, 6.07) is 21.9. The Kier molecular flexibility index (Phi) is 6.62. The molecule has 0 saturated heterocycles. The number of benzene rings is 14. The van der Waals surface area contributed by atoms with Crippen LogP contribution in [0, 0.1) is 6.92 Å². The smallest absolute Gasteiger partial charge is 0.260 e. The van der Waals surface area contributed by atoms with E-state index in [9.17, 15) is 13.7 Å². The van der Waals surface area contributed by atoms with Gasteiger partial charge in [-0.1, -0.05) is 176 Å². The lowest BCUT2D eigenvalue weighted by Crippen LogP contribution is -2.57. The summed E-state index contributed by atoms with van der Waals surface area (Å²) in [4.78, 5) is 0. The molecule has 442 valence electrons. The molecule has 0 fully saturated rings. The molecule has 4 aliphatic rings. The van der Waals surface area contributed by atoms with Crippen LogP contribution in [0.25, 0.3) is 110 Å². The van der Waals surface area contributed by atoms with Crippen LogP contribution >= 0.6 is 0 Å². The largest absolute Gasteiger partial charge is 0.458 e. The van der Waals surface area contributed by atoms with Crippen LogP contribution in [0.2, 0.25) is 0 Å². The van der Waals surface area contributed by atoms with Crippen molar-refractivity contribution >= 4 is 133 Å². The van der Waals surface area contributed by atoms with Crippen LogP contribution in [-0.4, -0.2) is 31.7 Å². The second-order valence-electron chi connectivity index (χ2n) is 23.1. The van der Waals surface area contributed by atoms with Gasteiger partial charge in [0.2, 0.25) is 0 Å². The molecule has 8 heterocycles. The average molecular weight is 1240 g/mol. The van der Waals surface area contributed by atoms with Gasteiger partial charge in [0.05, 0.1) is 95.3 Å². The van der Waals surface area contributed by atoms with Gasteiger partial charge in [-0.2, -0.15) is 0 Å². The molecule has 0 atom stereocenters. The van der Waals surface area contributed by atoms with Crippen molar-refractivity contribution in [3.05, 3.63) is 302 Å². The van der Waals surface area contributed by atoms with Crippen molar-refractivity contribution in [2.24, 2.45) is 0 Å². The van der Waals surface area contributed by atoms with E-state index in [1.165, 1.54) is 11.5 Å². The van der Waals surface area contributed by atoms with E-state index in [-0.39, 0.29) is 135 Å². The van der Waals surface area contributed by atoms with Crippen LogP contribution in [0.3, 0.4) is 0 Å². The molecule has 0 aliphatic carbocycles. The molecule has 95 heavy (non-hydrogen) atoms.